The Morgan fingerprint density at radius 1 is 1.45 bits per heavy atom. The fourth-order valence-corrected chi connectivity index (χ4v) is 3.71. The predicted octanol–water partition coefficient (Wildman–Crippen LogP) is 1.70. The number of hydrogen-bond acceptors (Lipinski definition) is 2. The molecule has 2 atom stereocenters. The molecule has 4 nitrogen and oxygen atoms in total. The molecule has 0 bridgehead atoms. The highest BCUT2D eigenvalue weighted by atomic mass is 16.3. The monoisotopic (exact) mass is 268 g/mol. The summed E-state index contributed by atoms with van der Waals surface area (Å²) in [4.78, 5) is 17.1. The summed E-state index contributed by atoms with van der Waals surface area (Å²) in [6, 6.07) is 5.67. The number of aliphatic hydroxyl groups is 1. The van der Waals surface area contributed by atoms with Crippen LogP contribution in [-0.2, 0) is 16.8 Å². The molecule has 4 heteroatoms. The molecular weight excluding hydrogens is 252 g/mol. The summed E-state index contributed by atoms with van der Waals surface area (Å²) >= 11 is 0. The molecule has 0 fully saturated rings. The second kappa shape index (κ2) is 3.52. The first kappa shape index (κ1) is 11.7. The van der Waals surface area contributed by atoms with E-state index in [2.05, 4.69) is 4.98 Å². The van der Waals surface area contributed by atoms with E-state index in [1.54, 1.807) is 24.9 Å². The van der Waals surface area contributed by atoms with Crippen LogP contribution in [0.4, 0.5) is 0 Å². The van der Waals surface area contributed by atoms with E-state index >= 15 is 0 Å². The van der Waals surface area contributed by atoms with Gasteiger partial charge in [-0.05, 0) is 36.6 Å². The number of nitrogens with zero attached hydrogens (tertiary/aromatic N) is 1. The second-order valence-corrected chi connectivity index (χ2v) is 5.83. The molecule has 0 saturated heterocycles. The zero-order valence-corrected chi connectivity index (χ0v) is 11.5. The van der Waals surface area contributed by atoms with Crippen LogP contribution >= 0.6 is 0 Å². The van der Waals surface area contributed by atoms with Crippen molar-refractivity contribution in [3.8, 4) is 0 Å². The maximum absolute atomic E-state index is 12.2. The second-order valence-electron chi connectivity index (χ2n) is 5.83. The number of likely N-dealkylation sites (N-methyl/N-ethyl adjacent to an activating group) is 1. The van der Waals surface area contributed by atoms with Crippen LogP contribution in [-0.4, -0.2) is 34.0 Å². The van der Waals surface area contributed by atoms with E-state index in [1.807, 2.05) is 24.4 Å². The van der Waals surface area contributed by atoms with Crippen molar-refractivity contribution in [1.82, 2.24) is 9.88 Å². The van der Waals surface area contributed by atoms with E-state index in [-0.39, 0.29) is 11.9 Å². The standard InChI is InChI=1S/C16H16N2O2/c1-9-7-16(20)11-4-3-5-12-14(11)10(8-17-12)6-13(16)18(2)15(9)19/h3-5,7-8,13,17,20H,6H2,1-2H3/t13-,16+/m0/s1. The quantitative estimate of drug-likeness (QED) is 0.764. The van der Waals surface area contributed by atoms with Crippen molar-refractivity contribution in [2.75, 3.05) is 7.05 Å². The molecule has 0 unspecified atom stereocenters. The lowest BCUT2D eigenvalue weighted by Crippen LogP contribution is -2.56. The number of carbonyl (C=O) groups is 1. The van der Waals surface area contributed by atoms with Crippen LogP contribution in [0.25, 0.3) is 10.9 Å². The zero-order chi connectivity index (χ0) is 14.1. The van der Waals surface area contributed by atoms with Crippen LogP contribution in [0.15, 0.2) is 36.0 Å². The number of nitrogens with one attached hydrogen (secondary N) is 1. The van der Waals surface area contributed by atoms with Crippen LogP contribution in [0.3, 0.4) is 0 Å². The third-order valence-electron chi connectivity index (χ3n) is 4.70. The van der Waals surface area contributed by atoms with Crippen molar-refractivity contribution in [2.45, 2.75) is 25.0 Å². The maximum atomic E-state index is 12.2. The van der Waals surface area contributed by atoms with E-state index < -0.39 is 5.60 Å². The molecule has 1 aliphatic carbocycles. The van der Waals surface area contributed by atoms with Crippen molar-refractivity contribution in [3.05, 3.63) is 47.2 Å². The summed E-state index contributed by atoms with van der Waals surface area (Å²) in [5, 5.41) is 12.3. The number of rotatable bonds is 0. The lowest BCUT2D eigenvalue weighted by molar-refractivity contribution is -0.135. The van der Waals surface area contributed by atoms with Gasteiger partial charge in [-0.2, -0.15) is 0 Å². The van der Waals surface area contributed by atoms with Gasteiger partial charge in [0.2, 0.25) is 5.91 Å². The minimum absolute atomic E-state index is 0.00849. The number of hydrogen-bond donors (Lipinski definition) is 2. The molecule has 1 aromatic carbocycles. The van der Waals surface area contributed by atoms with E-state index in [9.17, 15) is 9.90 Å². The third-order valence-corrected chi connectivity index (χ3v) is 4.70. The Balaban J connectivity index is 2.07. The van der Waals surface area contributed by atoms with Gasteiger partial charge in [0, 0.05) is 29.7 Å². The smallest absolute Gasteiger partial charge is 0.249 e. The van der Waals surface area contributed by atoms with Crippen molar-refractivity contribution in [3.63, 3.8) is 0 Å². The molecule has 20 heavy (non-hydrogen) atoms. The van der Waals surface area contributed by atoms with E-state index in [1.165, 1.54) is 0 Å². The summed E-state index contributed by atoms with van der Waals surface area (Å²) in [6.07, 6.45) is 4.38. The average molecular weight is 268 g/mol. The minimum Gasteiger partial charge on any atom is -0.379 e. The summed E-state index contributed by atoms with van der Waals surface area (Å²) < 4.78 is 0. The Morgan fingerprint density at radius 3 is 3.05 bits per heavy atom. The fraction of sp³-hybridized carbons (Fsp3) is 0.312. The predicted molar refractivity (Wildman–Crippen MR) is 76.2 cm³/mol. The number of aromatic nitrogens is 1. The summed E-state index contributed by atoms with van der Waals surface area (Å²) in [6.45, 7) is 1.76. The molecule has 2 heterocycles. The Bertz CT molecular complexity index is 774. The summed E-state index contributed by atoms with van der Waals surface area (Å²) in [5.74, 6) is -0.00849. The average Bonchev–Trinajstić information content (AvgIpc) is 2.84. The van der Waals surface area contributed by atoms with Gasteiger partial charge in [-0.3, -0.25) is 4.79 Å². The third kappa shape index (κ3) is 1.22. The van der Waals surface area contributed by atoms with Gasteiger partial charge in [0.15, 0.2) is 0 Å². The van der Waals surface area contributed by atoms with Gasteiger partial charge < -0.3 is 15.0 Å². The Kier molecular flexibility index (Phi) is 2.07. The minimum atomic E-state index is -1.10. The van der Waals surface area contributed by atoms with Gasteiger partial charge in [0.25, 0.3) is 0 Å². The lowest BCUT2D eigenvalue weighted by atomic mass is 9.73. The maximum Gasteiger partial charge on any atom is 0.249 e. The lowest BCUT2D eigenvalue weighted by Gasteiger charge is -2.46. The SMILES string of the molecule is CC1=C[C@@]2(O)c3cccc4[nH]cc(c34)C[C@@H]2N(C)C1=O. The van der Waals surface area contributed by atoms with Crippen LogP contribution < -0.4 is 0 Å². The van der Waals surface area contributed by atoms with E-state index in [0.717, 1.165) is 22.0 Å². The molecule has 1 aliphatic heterocycles. The molecule has 1 aromatic heterocycles. The molecule has 0 radical (unpaired) electrons. The molecular formula is C16H16N2O2. The van der Waals surface area contributed by atoms with Gasteiger partial charge in [0.05, 0.1) is 6.04 Å². The molecule has 1 amide bonds. The van der Waals surface area contributed by atoms with Gasteiger partial charge in [0.1, 0.15) is 5.60 Å². The highest BCUT2D eigenvalue weighted by Crippen LogP contribution is 2.44. The van der Waals surface area contributed by atoms with Crippen molar-refractivity contribution in [2.24, 2.45) is 0 Å². The number of benzene rings is 1. The molecule has 0 spiro atoms. The normalized spacial score (nSPS) is 28.6. The van der Waals surface area contributed by atoms with Gasteiger partial charge in [-0.25, -0.2) is 0 Å². The molecule has 2 aliphatic rings. The molecule has 4 rings (SSSR count). The molecule has 2 N–H and O–H groups in total. The number of amides is 1. The van der Waals surface area contributed by atoms with Gasteiger partial charge in [-0.1, -0.05) is 12.1 Å². The Hall–Kier alpha value is -2.07. The summed E-state index contributed by atoms with van der Waals surface area (Å²) in [7, 11) is 1.77. The number of carbonyl (C=O) groups excluding carboxylic acids is 1. The van der Waals surface area contributed by atoms with Crippen molar-refractivity contribution < 1.29 is 9.90 Å². The highest BCUT2D eigenvalue weighted by molar-refractivity contribution is 5.96. The van der Waals surface area contributed by atoms with Crippen LogP contribution in [0.1, 0.15) is 18.1 Å². The first-order valence-corrected chi connectivity index (χ1v) is 6.81. The topological polar surface area (TPSA) is 56.3 Å². The number of H-pyrrole nitrogens is 1. The molecule has 2 aromatic rings. The Labute approximate surface area is 116 Å². The molecule has 0 saturated carbocycles. The van der Waals surface area contributed by atoms with Crippen LogP contribution in [0, 0.1) is 0 Å². The Morgan fingerprint density at radius 2 is 2.25 bits per heavy atom. The fourth-order valence-electron chi connectivity index (χ4n) is 3.71. The first-order valence-electron chi connectivity index (χ1n) is 6.81. The van der Waals surface area contributed by atoms with E-state index in [4.69, 9.17) is 0 Å². The largest absolute Gasteiger partial charge is 0.379 e. The zero-order valence-electron chi connectivity index (χ0n) is 11.5. The highest BCUT2D eigenvalue weighted by Gasteiger charge is 2.48. The van der Waals surface area contributed by atoms with Crippen LogP contribution in [0.2, 0.25) is 0 Å². The van der Waals surface area contributed by atoms with E-state index in [0.29, 0.717) is 12.0 Å². The van der Waals surface area contributed by atoms with Crippen LogP contribution in [0.5, 0.6) is 0 Å². The first-order chi connectivity index (χ1) is 9.52. The van der Waals surface area contributed by atoms with Crippen molar-refractivity contribution in [1.29, 1.82) is 0 Å². The number of aromatic amines is 1. The number of fused-ring (bicyclic) bond motifs is 2. The summed E-state index contributed by atoms with van der Waals surface area (Å²) in [5.41, 5.74) is 2.60. The van der Waals surface area contributed by atoms with Crippen molar-refractivity contribution >= 4 is 16.8 Å². The van der Waals surface area contributed by atoms with Gasteiger partial charge >= 0.3 is 0 Å². The molecule has 102 valence electrons. The van der Waals surface area contributed by atoms with Gasteiger partial charge in [-0.15, -0.1) is 0 Å².